The molecule has 0 spiro atoms. The number of rotatable bonds is 3. The Balaban J connectivity index is 1.21. The molecule has 0 radical (unpaired) electrons. The Bertz CT molecular complexity index is 2210. The van der Waals surface area contributed by atoms with Crippen LogP contribution in [0.25, 0.3) is 60.1 Å². The first-order chi connectivity index (χ1) is 21.3. The van der Waals surface area contributed by atoms with Gasteiger partial charge in [0.05, 0.1) is 0 Å². The molecule has 0 N–H and O–H groups in total. The van der Waals surface area contributed by atoms with Gasteiger partial charge in [0.2, 0.25) is 0 Å². The molecule has 1 aliphatic heterocycles. The van der Waals surface area contributed by atoms with Gasteiger partial charge >= 0.3 is 0 Å². The molecular weight excluding hydrogens is 537 g/mol. The third-order valence-corrected chi connectivity index (χ3v) is 10.7. The van der Waals surface area contributed by atoms with Crippen molar-refractivity contribution in [3.05, 3.63) is 169 Å². The molecule has 2 aliphatic rings. The summed E-state index contributed by atoms with van der Waals surface area (Å²) in [4.78, 5) is 1.39. The van der Waals surface area contributed by atoms with Crippen LogP contribution in [0.5, 0.6) is 0 Å². The highest BCUT2D eigenvalue weighted by molar-refractivity contribution is 8.00. The van der Waals surface area contributed by atoms with Crippen molar-refractivity contribution < 1.29 is 0 Å². The highest BCUT2D eigenvalue weighted by Crippen LogP contribution is 2.54. The summed E-state index contributed by atoms with van der Waals surface area (Å²) in [6.45, 7) is 0. The van der Waals surface area contributed by atoms with Gasteiger partial charge in [-0.25, -0.2) is 0 Å². The zero-order valence-electron chi connectivity index (χ0n) is 23.6. The van der Waals surface area contributed by atoms with Crippen molar-refractivity contribution in [1.82, 2.24) is 0 Å². The molecular formula is C42H28S. The summed E-state index contributed by atoms with van der Waals surface area (Å²) in [5.74, 6) is 0.347. The SMILES string of the molecule is C1=CC2c3cc(-c4c5ccccc5c(-c5ccccc5)c5ccccc45)ccc3SC2C(c2cccc3ccccc23)=C1. The molecule has 2 atom stereocenters. The summed E-state index contributed by atoms with van der Waals surface area (Å²) >= 11 is 2.02. The number of fused-ring (bicyclic) bond motifs is 6. The predicted octanol–water partition coefficient (Wildman–Crippen LogP) is 11.7. The fourth-order valence-corrected chi connectivity index (χ4v) is 8.82. The van der Waals surface area contributed by atoms with Gasteiger partial charge in [0.15, 0.2) is 0 Å². The number of allylic oxidation sites excluding steroid dienone is 3. The van der Waals surface area contributed by atoms with Gasteiger partial charge in [-0.1, -0.05) is 146 Å². The molecule has 43 heavy (non-hydrogen) atoms. The molecule has 7 aromatic rings. The Morgan fingerprint density at radius 2 is 1.09 bits per heavy atom. The predicted molar refractivity (Wildman–Crippen MR) is 186 cm³/mol. The lowest BCUT2D eigenvalue weighted by Gasteiger charge is -2.24. The van der Waals surface area contributed by atoms with Crippen LogP contribution in [0.4, 0.5) is 0 Å². The van der Waals surface area contributed by atoms with Crippen molar-refractivity contribution >= 4 is 49.7 Å². The van der Waals surface area contributed by atoms with E-state index < -0.39 is 0 Å². The van der Waals surface area contributed by atoms with E-state index in [1.807, 2.05) is 11.8 Å². The molecule has 0 amide bonds. The lowest BCUT2D eigenvalue weighted by atomic mass is 9.82. The second-order valence-corrected chi connectivity index (χ2v) is 12.7. The minimum atomic E-state index is 0.347. The molecule has 2 unspecified atom stereocenters. The van der Waals surface area contributed by atoms with Crippen LogP contribution in [0.15, 0.2) is 163 Å². The van der Waals surface area contributed by atoms with Gasteiger partial charge in [-0.05, 0) is 83.4 Å². The molecule has 0 saturated heterocycles. The minimum Gasteiger partial charge on any atom is -0.117 e. The second-order valence-electron chi connectivity index (χ2n) is 11.6. The number of benzene rings is 7. The third-order valence-electron chi connectivity index (χ3n) is 9.23. The van der Waals surface area contributed by atoms with E-state index in [2.05, 4.69) is 158 Å². The van der Waals surface area contributed by atoms with Gasteiger partial charge in [-0.15, -0.1) is 11.8 Å². The molecule has 1 heteroatoms. The van der Waals surface area contributed by atoms with E-state index in [0.717, 1.165) is 0 Å². The molecule has 0 bridgehead atoms. The Morgan fingerprint density at radius 3 is 1.81 bits per heavy atom. The molecule has 0 fully saturated rings. The van der Waals surface area contributed by atoms with Crippen molar-refractivity contribution in [3.8, 4) is 22.3 Å². The van der Waals surface area contributed by atoms with Crippen molar-refractivity contribution in [2.75, 3.05) is 0 Å². The largest absolute Gasteiger partial charge is 0.117 e. The molecule has 9 rings (SSSR count). The summed E-state index contributed by atoms with van der Waals surface area (Å²) in [5.41, 5.74) is 9.41. The van der Waals surface area contributed by atoms with E-state index in [1.54, 1.807) is 0 Å². The van der Waals surface area contributed by atoms with Gasteiger partial charge in [0, 0.05) is 16.1 Å². The topological polar surface area (TPSA) is 0 Å². The van der Waals surface area contributed by atoms with Crippen LogP contribution in [-0.2, 0) is 0 Å². The lowest BCUT2D eigenvalue weighted by molar-refractivity contribution is 0.894. The van der Waals surface area contributed by atoms with E-state index in [0.29, 0.717) is 11.2 Å². The van der Waals surface area contributed by atoms with Gasteiger partial charge in [-0.3, -0.25) is 0 Å². The van der Waals surface area contributed by atoms with Crippen LogP contribution < -0.4 is 0 Å². The molecule has 7 aromatic carbocycles. The highest BCUT2D eigenvalue weighted by atomic mass is 32.2. The quantitative estimate of drug-likeness (QED) is 0.192. The maximum Gasteiger partial charge on any atom is 0.0454 e. The normalized spacial score (nSPS) is 17.3. The molecule has 0 saturated carbocycles. The Hall–Kier alpha value is -4.85. The first kappa shape index (κ1) is 24.7. The summed E-state index contributed by atoms with van der Waals surface area (Å²) < 4.78 is 0. The summed E-state index contributed by atoms with van der Waals surface area (Å²) in [5, 5.41) is 8.21. The average Bonchev–Trinajstić information content (AvgIpc) is 3.45. The molecule has 0 nitrogen and oxygen atoms in total. The van der Waals surface area contributed by atoms with Gasteiger partial charge < -0.3 is 0 Å². The number of thioether (sulfide) groups is 1. The summed E-state index contributed by atoms with van der Waals surface area (Å²) in [6, 6.07) is 51.4. The molecule has 1 heterocycles. The van der Waals surface area contributed by atoms with E-state index in [-0.39, 0.29) is 0 Å². The maximum absolute atomic E-state index is 2.49. The second kappa shape index (κ2) is 9.87. The monoisotopic (exact) mass is 564 g/mol. The molecule has 1 aliphatic carbocycles. The number of hydrogen-bond acceptors (Lipinski definition) is 1. The van der Waals surface area contributed by atoms with E-state index in [1.165, 1.54) is 76.2 Å². The fourth-order valence-electron chi connectivity index (χ4n) is 7.36. The number of hydrogen-bond donors (Lipinski definition) is 0. The molecule has 0 aromatic heterocycles. The van der Waals surface area contributed by atoms with Crippen molar-refractivity contribution in [1.29, 1.82) is 0 Å². The Morgan fingerprint density at radius 1 is 0.488 bits per heavy atom. The van der Waals surface area contributed by atoms with Gasteiger partial charge in [-0.2, -0.15) is 0 Å². The average molecular weight is 565 g/mol. The van der Waals surface area contributed by atoms with Crippen LogP contribution in [-0.4, -0.2) is 5.25 Å². The van der Waals surface area contributed by atoms with Gasteiger partial charge in [0.25, 0.3) is 0 Å². The van der Waals surface area contributed by atoms with Crippen molar-refractivity contribution in [3.63, 3.8) is 0 Å². The van der Waals surface area contributed by atoms with Crippen molar-refractivity contribution in [2.24, 2.45) is 0 Å². The Labute approximate surface area is 256 Å². The summed E-state index contributed by atoms with van der Waals surface area (Å²) in [7, 11) is 0. The van der Waals surface area contributed by atoms with E-state index in [9.17, 15) is 0 Å². The maximum atomic E-state index is 2.49. The first-order valence-electron chi connectivity index (χ1n) is 15.0. The minimum absolute atomic E-state index is 0.347. The zero-order chi connectivity index (χ0) is 28.3. The first-order valence-corrected chi connectivity index (χ1v) is 15.9. The fraction of sp³-hybridized carbons (Fsp3) is 0.0476. The van der Waals surface area contributed by atoms with Crippen molar-refractivity contribution in [2.45, 2.75) is 16.1 Å². The van der Waals surface area contributed by atoms with Crippen LogP contribution in [0, 0.1) is 0 Å². The zero-order valence-corrected chi connectivity index (χ0v) is 24.4. The highest BCUT2D eigenvalue weighted by Gasteiger charge is 2.36. The lowest BCUT2D eigenvalue weighted by Crippen LogP contribution is -2.13. The summed E-state index contributed by atoms with van der Waals surface area (Å²) in [6.07, 6.45) is 7.03. The van der Waals surface area contributed by atoms with E-state index in [4.69, 9.17) is 0 Å². The smallest absolute Gasteiger partial charge is 0.0454 e. The van der Waals surface area contributed by atoms with Crippen LogP contribution in [0.1, 0.15) is 17.0 Å². The molecule has 202 valence electrons. The third kappa shape index (κ3) is 3.85. The van der Waals surface area contributed by atoms with Crippen LogP contribution >= 0.6 is 11.8 Å². The van der Waals surface area contributed by atoms with Gasteiger partial charge in [0.1, 0.15) is 0 Å². The van der Waals surface area contributed by atoms with E-state index >= 15 is 0 Å². The van der Waals surface area contributed by atoms with Crippen LogP contribution in [0.2, 0.25) is 0 Å². The Kier molecular flexibility index (Phi) is 5.67. The standard InChI is InChI=1S/C42H28S/c1-2-13-28(14-3-1)40-32-17-6-8-19-34(32)41(35-20-9-7-18-33(35)40)29-24-25-39-38(26-29)37-23-11-22-36(42(37)43-39)31-21-10-15-27-12-4-5-16-30(27)31/h1-26,37,42H. The van der Waals surface area contributed by atoms with Crippen LogP contribution in [0.3, 0.4) is 0 Å².